The van der Waals surface area contributed by atoms with Crippen molar-refractivity contribution in [2.45, 2.75) is 12.2 Å². The van der Waals surface area contributed by atoms with Gasteiger partial charge in [-0.1, -0.05) is 24.4 Å². The monoisotopic (exact) mass is 170 g/mol. The van der Waals surface area contributed by atoms with Crippen molar-refractivity contribution in [1.82, 2.24) is 0 Å². The highest BCUT2D eigenvalue weighted by atomic mass is 32.1. The lowest BCUT2D eigenvalue weighted by Crippen LogP contribution is -2.38. The molecule has 0 nitrogen and oxygen atoms in total. The van der Waals surface area contributed by atoms with Crippen molar-refractivity contribution < 1.29 is 0 Å². The van der Waals surface area contributed by atoms with Gasteiger partial charge < -0.3 is 0 Å². The van der Waals surface area contributed by atoms with Crippen LogP contribution >= 0.6 is 24.8 Å². The van der Waals surface area contributed by atoms with E-state index in [1.54, 1.807) is 0 Å². The highest BCUT2D eigenvalue weighted by molar-refractivity contribution is 7.84. The van der Waals surface area contributed by atoms with Gasteiger partial charge in [0.05, 0.1) is 0 Å². The van der Waals surface area contributed by atoms with E-state index in [1.165, 1.54) is 5.57 Å². The third kappa shape index (κ3) is 0.956. The van der Waals surface area contributed by atoms with Gasteiger partial charge >= 0.3 is 0 Å². The smallest absolute Gasteiger partial charge is 0.0386 e. The molecule has 0 N–H and O–H groups in total. The lowest BCUT2D eigenvalue weighted by Gasteiger charge is -2.35. The molecule has 0 spiro atoms. The van der Waals surface area contributed by atoms with E-state index < -0.39 is 0 Å². The molecule has 1 rings (SSSR count). The summed E-state index contributed by atoms with van der Waals surface area (Å²) < 4.78 is 0. The topological polar surface area (TPSA) is 0 Å². The van der Waals surface area contributed by atoms with Crippen molar-refractivity contribution in [3.63, 3.8) is 0 Å². The minimum Gasteiger partial charge on any atom is -0.170 e. The number of rotatable bonds is 1. The zero-order chi connectivity index (χ0) is 7.72. The minimum atomic E-state index is 0.301. The van der Waals surface area contributed by atoms with Crippen LogP contribution in [0.15, 0.2) is 24.3 Å². The van der Waals surface area contributed by atoms with Gasteiger partial charge in [-0.05, 0) is 12.5 Å². The molecule has 10 heavy (non-hydrogen) atoms. The molecule has 1 aliphatic rings. The normalized spacial score (nSPS) is 35.8. The Kier molecular flexibility index (Phi) is 2.32. The van der Waals surface area contributed by atoms with Crippen molar-refractivity contribution in [1.29, 1.82) is 0 Å². The van der Waals surface area contributed by atoms with E-state index in [2.05, 4.69) is 19.2 Å². The molecule has 0 heterocycles. The van der Waals surface area contributed by atoms with E-state index >= 15 is 0 Å². The van der Waals surface area contributed by atoms with Gasteiger partial charge in [0.2, 0.25) is 0 Å². The molecule has 0 radical (unpaired) electrons. The number of allylic oxidation sites excluding steroid dienone is 2. The van der Waals surface area contributed by atoms with Crippen molar-refractivity contribution in [2.24, 2.45) is 5.92 Å². The maximum absolute atomic E-state index is 5.11. The van der Waals surface area contributed by atoms with Crippen LogP contribution in [0, 0.1) is 5.92 Å². The van der Waals surface area contributed by atoms with E-state index in [0.717, 1.165) is 4.86 Å². The second-order valence-corrected chi connectivity index (χ2v) is 3.31. The Morgan fingerprint density at radius 3 is 2.60 bits per heavy atom. The van der Waals surface area contributed by atoms with Crippen LogP contribution in [0.4, 0.5) is 0 Å². The summed E-state index contributed by atoms with van der Waals surface area (Å²) in [4.78, 5) is 1.01. The van der Waals surface area contributed by atoms with Crippen LogP contribution in [0.5, 0.6) is 0 Å². The standard InChI is InChI=1S/C8H10S2/c1-3-5-7(9)6(4-2)8(5)10/h3-5,7,9H,1H2,2H3/b6-4-. The largest absolute Gasteiger partial charge is 0.170 e. The Hall–Kier alpha value is -0.0800. The van der Waals surface area contributed by atoms with Gasteiger partial charge in [0, 0.05) is 16.0 Å². The van der Waals surface area contributed by atoms with E-state index in [-0.39, 0.29) is 0 Å². The predicted octanol–water partition coefficient (Wildman–Crippen LogP) is 2.42. The molecule has 1 saturated carbocycles. The summed E-state index contributed by atoms with van der Waals surface area (Å²) in [5, 5.41) is 0.301. The van der Waals surface area contributed by atoms with Gasteiger partial charge in [0.15, 0.2) is 0 Å². The van der Waals surface area contributed by atoms with Gasteiger partial charge in [0.25, 0.3) is 0 Å². The Morgan fingerprint density at radius 2 is 2.30 bits per heavy atom. The van der Waals surface area contributed by atoms with Crippen molar-refractivity contribution in [3.05, 3.63) is 24.3 Å². The summed E-state index contributed by atoms with van der Waals surface area (Å²) in [6, 6.07) is 0. The van der Waals surface area contributed by atoms with Gasteiger partial charge in [0.1, 0.15) is 0 Å². The predicted molar refractivity (Wildman–Crippen MR) is 52.8 cm³/mol. The summed E-state index contributed by atoms with van der Waals surface area (Å²) in [6.45, 7) is 5.68. The Labute approximate surface area is 72.4 Å². The Bertz CT molecular complexity index is 203. The fraction of sp³-hybridized carbons (Fsp3) is 0.375. The molecule has 0 bridgehead atoms. The molecule has 2 heteroatoms. The molecular formula is C8H10S2. The molecule has 54 valence electrons. The molecule has 1 aliphatic carbocycles. The summed E-state index contributed by atoms with van der Waals surface area (Å²) in [5.41, 5.74) is 1.20. The Balaban J connectivity index is 2.77. The van der Waals surface area contributed by atoms with E-state index in [0.29, 0.717) is 11.2 Å². The van der Waals surface area contributed by atoms with Crippen molar-refractivity contribution >= 4 is 29.7 Å². The van der Waals surface area contributed by atoms with Gasteiger partial charge in [-0.3, -0.25) is 0 Å². The summed E-state index contributed by atoms with van der Waals surface area (Å²) in [6.07, 6.45) is 3.90. The van der Waals surface area contributed by atoms with E-state index in [9.17, 15) is 0 Å². The van der Waals surface area contributed by atoms with Crippen molar-refractivity contribution in [2.75, 3.05) is 0 Å². The third-order valence-electron chi connectivity index (χ3n) is 1.81. The zero-order valence-electron chi connectivity index (χ0n) is 5.87. The van der Waals surface area contributed by atoms with Crippen LogP contribution in [-0.4, -0.2) is 10.1 Å². The minimum absolute atomic E-state index is 0.301. The molecule has 0 aromatic carbocycles. The molecule has 0 amide bonds. The third-order valence-corrected chi connectivity index (χ3v) is 2.92. The highest BCUT2D eigenvalue weighted by Crippen LogP contribution is 2.35. The first-order valence-electron chi connectivity index (χ1n) is 3.23. The second-order valence-electron chi connectivity index (χ2n) is 2.31. The number of thiocarbonyl (C=S) groups is 1. The molecular weight excluding hydrogens is 160 g/mol. The zero-order valence-corrected chi connectivity index (χ0v) is 7.58. The number of hydrogen-bond donors (Lipinski definition) is 1. The van der Waals surface area contributed by atoms with Gasteiger partial charge in [-0.2, -0.15) is 12.6 Å². The lowest BCUT2D eigenvalue weighted by molar-refractivity contribution is 0.823. The van der Waals surface area contributed by atoms with Crippen LogP contribution in [0.3, 0.4) is 0 Å². The average molecular weight is 170 g/mol. The first-order valence-corrected chi connectivity index (χ1v) is 4.16. The summed E-state index contributed by atoms with van der Waals surface area (Å²) in [7, 11) is 0. The van der Waals surface area contributed by atoms with Crippen molar-refractivity contribution in [3.8, 4) is 0 Å². The average Bonchev–Trinajstić information content (AvgIpc) is 1.90. The maximum atomic E-state index is 5.11. The molecule has 0 aliphatic heterocycles. The Morgan fingerprint density at radius 1 is 1.70 bits per heavy atom. The first-order chi connectivity index (χ1) is 4.72. The van der Waals surface area contributed by atoms with Crippen LogP contribution in [0.25, 0.3) is 0 Å². The first kappa shape index (κ1) is 8.02. The van der Waals surface area contributed by atoms with E-state index in [1.807, 2.05) is 19.1 Å². The maximum Gasteiger partial charge on any atom is 0.0386 e. The number of thiol groups is 1. The van der Waals surface area contributed by atoms with Gasteiger partial charge in [-0.25, -0.2) is 0 Å². The quantitative estimate of drug-likeness (QED) is 0.273. The van der Waals surface area contributed by atoms with Crippen LogP contribution < -0.4 is 0 Å². The SMILES string of the molecule is C=CC1C(=S)/C(=C\C)C1S. The fourth-order valence-electron chi connectivity index (χ4n) is 1.13. The van der Waals surface area contributed by atoms with E-state index in [4.69, 9.17) is 12.2 Å². The summed E-state index contributed by atoms with van der Waals surface area (Å²) in [5.74, 6) is 0.324. The molecule has 0 aromatic rings. The molecule has 1 fully saturated rings. The number of hydrogen-bond acceptors (Lipinski definition) is 2. The van der Waals surface area contributed by atoms with Crippen LogP contribution in [0.1, 0.15) is 6.92 Å². The van der Waals surface area contributed by atoms with Gasteiger partial charge in [-0.15, -0.1) is 6.58 Å². The molecule has 2 atom stereocenters. The lowest BCUT2D eigenvalue weighted by atomic mass is 9.79. The summed E-state index contributed by atoms with van der Waals surface area (Å²) >= 11 is 9.48. The molecule has 0 saturated heterocycles. The molecule has 0 aromatic heterocycles. The van der Waals surface area contributed by atoms with Crippen LogP contribution in [-0.2, 0) is 0 Å². The molecule has 2 unspecified atom stereocenters. The fourth-order valence-corrected chi connectivity index (χ4v) is 2.35. The highest BCUT2D eigenvalue weighted by Gasteiger charge is 2.35. The van der Waals surface area contributed by atoms with Crippen LogP contribution in [0.2, 0.25) is 0 Å². The second kappa shape index (κ2) is 2.89.